The largest absolute Gasteiger partial charge is 0.490 e. The zero-order valence-corrected chi connectivity index (χ0v) is 10.4. The summed E-state index contributed by atoms with van der Waals surface area (Å²) in [5, 5.41) is 0. The van der Waals surface area contributed by atoms with Crippen LogP contribution in [0.3, 0.4) is 0 Å². The number of alkyl halides is 6. The molecule has 0 unspecified atom stereocenters. The van der Waals surface area contributed by atoms with E-state index in [1.165, 1.54) is 0 Å². The molecule has 0 N–H and O–H groups in total. The zero-order chi connectivity index (χ0) is 14.8. The molecule has 0 fully saturated rings. The first-order valence-electron chi connectivity index (χ1n) is 4.48. The number of carbonyl (C=O) groups is 1. The van der Waals surface area contributed by atoms with Crippen molar-refractivity contribution in [1.82, 2.24) is 4.98 Å². The van der Waals surface area contributed by atoms with Crippen molar-refractivity contribution in [2.45, 2.75) is 19.0 Å². The van der Waals surface area contributed by atoms with Crippen molar-refractivity contribution in [3.63, 3.8) is 0 Å². The van der Waals surface area contributed by atoms with Gasteiger partial charge >= 0.3 is 18.3 Å². The van der Waals surface area contributed by atoms with Gasteiger partial charge in [-0.15, -0.1) is 0 Å². The van der Waals surface area contributed by atoms with Crippen molar-refractivity contribution in [3.05, 3.63) is 28.0 Å². The third kappa shape index (κ3) is 4.69. The number of esters is 1. The van der Waals surface area contributed by atoms with Crippen LogP contribution in [0.1, 0.15) is 11.4 Å². The first-order chi connectivity index (χ1) is 8.50. The van der Waals surface area contributed by atoms with Crippen LogP contribution in [-0.2, 0) is 22.3 Å². The normalized spacial score (nSPS) is 12.4. The number of aromatic nitrogens is 1. The predicted octanol–water partition coefficient (Wildman–Crippen LogP) is 3.47. The maximum atomic E-state index is 12.4. The number of nitrogens with zero attached hydrogens (tertiary/aromatic N) is 1. The maximum Gasteiger partial charge on any atom is 0.490 e. The smallest absolute Gasteiger partial charge is 0.453 e. The Morgan fingerprint density at radius 2 is 1.79 bits per heavy atom. The molecular weight excluding hydrogens is 348 g/mol. The van der Waals surface area contributed by atoms with E-state index in [4.69, 9.17) is 0 Å². The fourth-order valence-corrected chi connectivity index (χ4v) is 1.47. The number of ether oxygens (including phenoxy) is 1. The second-order valence-corrected chi connectivity index (χ2v) is 4.15. The number of hydrogen-bond acceptors (Lipinski definition) is 3. The average molecular weight is 352 g/mol. The quantitative estimate of drug-likeness (QED) is 0.605. The van der Waals surface area contributed by atoms with Gasteiger partial charge in [0, 0.05) is 4.47 Å². The Morgan fingerprint density at radius 1 is 1.21 bits per heavy atom. The van der Waals surface area contributed by atoms with Gasteiger partial charge in [0.05, 0.1) is 5.69 Å². The average Bonchev–Trinajstić information content (AvgIpc) is 2.22. The standard InChI is InChI=1S/C9H4BrF6NO2/c10-4-1-5(3-19-7(18)9(14,15)16)17-6(2-4)8(11,12)13/h1-2H,3H2. The van der Waals surface area contributed by atoms with Gasteiger partial charge < -0.3 is 4.74 Å². The molecule has 1 heterocycles. The monoisotopic (exact) mass is 351 g/mol. The first kappa shape index (κ1) is 15.7. The van der Waals surface area contributed by atoms with E-state index in [2.05, 4.69) is 25.7 Å². The molecule has 0 aliphatic heterocycles. The molecule has 3 nitrogen and oxygen atoms in total. The SMILES string of the molecule is O=C(OCc1cc(Br)cc(C(F)(F)F)n1)C(F)(F)F. The fraction of sp³-hybridized carbons (Fsp3) is 0.333. The van der Waals surface area contributed by atoms with Gasteiger partial charge in [0.25, 0.3) is 0 Å². The van der Waals surface area contributed by atoms with Gasteiger partial charge in [-0.1, -0.05) is 15.9 Å². The van der Waals surface area contributed by atoms with Crippen LogP contribution in [-0.4, -0.2) is 17.1 Å². The highest BCUT2D eigenvalue weighted by Crippen LogP contribution is 2.30. The van der Waals surface area contributed by atoms with Crippen LogP contribution in [0.15, 0.2) is 16.6 Å². The molecule has 0 saturated heterocycles. The van der Waals surface area contributed by atoms with Crippen molar-refractivity contribution >= 4 is 21.9 Å². The van der Waals surface area contributed by atoms with Gasteiger partial charge in [-0.25, -0.2) is 9.78 Å². The lowest BCUT2D eigenvalue weighted by Gasteiger charge is -2.10. The first-order valence-corrected chi connectivity index (χ1v) is 5.27. The molecule has 1 rings (SSSR count). The van der Waals surface area contributed by atoms with Gasteiger partial charge in [0.1, 0.15) is 12.3 Å². The Bertz CT molecular complexity index is 485. The van der Waals surface area contributed by atoms with Gasteiger partial charge in [0.2, 0.25) is 0 Å². The summed E-state index contributed by atoms with van der Waals surface area (Å²) in [6.45, 7) is -1.01. The Morgan fingerprint density at radius 3 is 2.26 bits per heavy atom. The molecule has 1 aromatic heterocycles. The molecule has 0 spiro atoms. The van der Waals surface area contributed by atoms with Crippen molar-refractivity contribution in [2.75, 3.05) is 0 Å². The number of pyridine rings is 1. The molecule has 106 valence electrons. The lowest BCUT2D eigenvalue weighted by Crippen LogP contribution is -2.25. The second-order valence-electron chi connectivity index (χ2n) is 3.23. The highest BCUT2D eigenvalue weighted by molar-refractivity contribution is 9.10. The fourth-order valence-electron chi connectivity index (χ4n) is 0.991. The topological polar surface area (TPSA) is 39.2 Å². The minimum Gasteiger partial charge on any atom is -0.453 e. The number of halogens is 7. The molecule has 0 atom stereocenters. The summed E-state index contributed by atoms with van der Waals surface area (Å²) in [5.74, 6) is -2.50. The molecule has 0 radical (unpaired) electrons. The van der Waals surface area contributed by atoms with Crippen LogP contribution in [0.25, 0.3) is 0 Å². The van der Waals surface area contributed by atoms with E-state index in [1.807, 2.05) is 0 Å². The highest BCUT2D eigenvalue weighted by atomic mass is 79.9. The Hall–Kier alpha value is -1.32. The van der Waals surface area contributed by atoms with Crippen LogP contribution in [0.4, 0.5) is 26.3 Å². The van der Waals surface area contributed by atoms with Gasteiger partial charge in [-0.2, -0.15) is 26.3 Å². The summed E-state index contributed by atoms with van der Waals surface area (Å²) in [4.78, 5) is 13.5. The van der Waals surface area contributed by atoms with Crippen LogP contribution in [0, 0.1) is 0 Å². The molecule has 19 heavy (non-hydrogen) atoms. The lowest BCUT2D eigenvalue weighted by atomic mass is 10.3. The predicted molar refractivity (Wildman–Crippen MR) is 52.8 cm³/mol. The maximum absolute atomic E-state index is 12.4. The van der Waals surface area contributed by atoms with Crippen molar-refractivity contribution in [1.29, 1.82) is 0 Å². The Balaban J connectivity index is 2.86. The van der Waals surface area contributed by atoms with E-state index in [-0.39, 0.29) is 4.47 Å². The second kappa shape index (κ2) is 5.35. The van der Waals surface area contributed by atoms with E-state index in [9.17, 15) is 31.1 Å². The van der Waals surface area contributed by atoms with Crippen LogP contribution >= 0.6 is 15.9 Å². The molecule has 0 saturated carbocycles. The van der Waals surface area contributed by atoms with E-state index in [0.717, 1.165) is 6.07 Å². The molecular formula is C9H4BrF6NO2. The third-order valence-corrected chi connectivity index (χ3v) is 2.17. The van der Waals surface area contributed by atoms with E-state index in [1.54, 1.807) is 0 Å². The van der Waals surface area contributed by atoms with Gasteiger partial charge in [0.15, 0.2) is 0 Å². The third-order valence-electron chi connectivity index (χ3n) is 1.72. The number of rotatable bonds is 2. The molecule has 1 aromatic rings. The van der Waals surface area contributed by atoms with Crippen LogP contribution in [0.2, 0.25) is 0 Å². The summed E-state index contributed by atoms with van der Waals surface area (Å²) in [5.41, 5.74) is -1.76. The Labute approximate surface area is 110 Å². The number of carbonyl (C=O) groups excluding carboxylic acids is 1. The zero-order valence-electron chi connectivity index (χ0n) is 8.77. The van der Waals surface area contributed by atoms with Crippen LogP contribution in [0.5, 0.6) is 0 Å². The minimum absolute atomic E-state index is 0.0483. The summed E-state index contributed by atoms with van der Waals surface area (Å²) in [7, 11) is 0. The molecule has 0 aliphatic rings. The molecule has 0 bridgehead atoms. The Kier molecular flexibility index (Phi) is 4.43. The summed E-state index contributed by atoms with van der Waals surface area (Å²) in [6.07, 6.45) is -9.97. The van der Waals surface area contributed by atoms with E-state index < -0.39 is 36.3 Å². The van der Waals surface area contributed by atoms with E-state index in [0.29, 0.717) is 6.07 Å². The molecule has 0 amide bonds. The highest BCUT2D eigenvalue weighted by Gasteiger charge is 2.41. The molecule has 0 aromatic carbocycles. The van der Waals surface area contributed by atoms with Crippen molar-refractivity contribution in [3.8, 4) is 0 Å². The summed E-state index contributed by atoms with van der Waals surface area (Å²) in [6, 6.07) is 1.66. The van der Waals surface area contributed by atoms with E-state index >= 15 is 0 Å². The van der Waals surface area contributed by atoms with Crippen molar-refractivity contribution in [2.24, 2.45) is 0 Å². The van der Waals surface area contributed by atoms with Gasteiger partial charge in [-0.3, -0.25) is 0 Å². The summed E-state index contributed by atoms with van der Waals surface area (Å²) < 4.78 is 76.3. The summed E-state index contributed by atoms with van der Waals surface area (Å²) >= 11 is 2.75. The van der Waals surface area contributed by atoms with Gasteiger partial charge in [-0.05, 0) is 12.1 Å². The minimum atomic E-state index is -5.21. The lowest BCUT2D eigenvalue weighted by molar-refractivity contribution is -0.201. The molecule has 0 aliphatic carbocycles. The molecule has 10 heteroatoms. The van der Waals surface area contributed by atoms with Crippen LogP contribution < -0.4 is 0 Å². The van der Waals surface area contributed by atoms with Crippen molar-refractivity contribution < 1.29 is 35.9 Å². The number of hydrogen-bond donors (Lipinski definition) is 0.